The first kappa shape index (κ1) is 8.63. The van der Waals surface area contributed by atoms with Crippen molar-refractivity contribution in [3.63, 3.8) is 0 Å². The molecule has 1 N–H and O–H groups in total. The molecule has 0 aromatic rings. The standard InChI is InChI=1S/C5H7NO3S2/c7-11(8,9)5-3-1-2-4-6(5)10/h1-5,10H,(H,7,8,9). The number of hydrogen-bond donors (Lipinski definition) is 2. The van der Waals surface area contributed by atoms with E-state index < -0.39 is 15.5 Å². The zero-order chi connectivity index (χ0) is 8.48. The molecular formula is C5H7NO3S2. The minimum absolute atomic E-state index is 1.07. The molecule has 0 aromatic heterocycles. The molecular weight excluding hydrogens is 186 g/mol. The van der Waals surface area contributed by atoms with Crippen LogP contribution in [0.15, 0.2) is 24.4 Å². The number of hydrogen-bond acceptors (Lipinski definition) is 4. The predicted molar refractivity (Wildman–Crippen MR) is 44.4 cm³/mol. The molecule has 0 bridgehead atoms. The second-order valence-corrected chi connectivity index (χ2v) is 3.99. The van der Waals surface area contributed by atoms with Crippen molar-refractivity contribution in [1.29, 1.82) is 0 Å². The van der Waals surface area contributed by atoms with Crippen molar-refractivity contribution >= 4 is 22.9 Å². The molecule has 0 aromatic carbocycles. The third kappa shape index (κ3) is 1.98. The van der Waals surface area contributed by atoms with Crippen LogP contribution in [0.1, 0.15) is 0 Å². The Morgan fingerprint density at radius 3 is 2.45 bits per heavy atom. The SMILES string of the molecule is O=S(=O)(O)C1C=CC=CN1S. The summed E-state index contributed by atoms with van der Waals surface area (Å²) in [5.41, 5.74) is 0. The summed E-state index contributed by atoms with van der Waals surface area (Å²) in [6.45, 7) is 0. The van der Waals surface area contributed by atoms with Gasteiger partial charge >= 0.3 is 0 Å². The van der Waals surface area contributed by atoms with Gasteiger partial charge in [-0.25, -0.2) is 0 Å². The first-order chi connectivity index (χ1) is 5.02. The Morgan fingerprint density at radius 1 is 1.45 bits per heavy atom. The van der Waals surface area contributed by atoms with E-state index in [4.69, 9.17) is 4.55 Å². The third-order valence-electron chi connectivity index (χ3n) is 1.19. The van der Waals surface area contributed by atoms with Gasteiger partial charge in [-0.05, 0) is 12.2 Å². The van der Waals surface area contributed by atoms with E-state index in [1.165, 1.54) is 18.4 Å². The Morgan fingerprint density at radius 2 is 2.09 bits per heavy atom. The maximum Gasteiger partial charge on any atom is 0.290 e. The highest BCUT2D eigenvalue weighted by Gasteiger charge is 2.24. The molecule has 1 atom stereocenters. The summed E-state index contributed by atoms with van der Waals surface area (Å²) in [5, 5.41) is -1.07. The van der Waals surface area contributed by atoms with Gasteiger partial charge in [0.1, 0.15) is 0 Å². The van der Waals surface area contributed by atoms with Crippen LogP contribution in [-0.2, 0) is 10.1 Å². The molecule has 6 heteroatoms. The summed E-state index contributed by atoms with van der Waals surface area (Å²) in [4.78, 5) is 0. The minimum Gasteiger partial charge on any atom is -0.302 e. The molecule has 4 nitrogen and oxygen atoms in total. The second-order valence-electron chi connectivity index (χ2n) is 2.01. The van der Waals surface area contributed by atoms with Gasteiger partial charge in [0.15, 0.2) is 5.37 Å². The average Bonchev–Trinajstić information content (AvgIpc) is 1.86. The zero-order valence-electron chi connectivity index (χ0n) is 5.45. The quantitative estimate of drug-likeness (QED) is 0.468. The highest BCUT2D eigenvalue weighted by molar-refractivity contribution is 7.87. The fourth-order valence-corrected chi connectivity index (χ4v) is 1.85. The van der Waals surface area contributed by atoms with E-state index in [1.54, 1.807) is 6.08 Å². The van der Waals surface area contributed by atoms with E-state index >= 15 is 0 Å². The molecule has 0 fully saturated rings. The first-order valence-electron chi connectivity index (χ1n) is 2.80. The predicted octanol–water partition coefficient (Wildman–Crippen LogP) is 0.431. The van der Waals surface area contributed by atoms with E-state index in [2.05, 4.69) is 12.8 Å². The van der Waals surface area contributed by atoms with Gasteiger partial charge in [0.2, 0.25) is 0 Å². The lowest BCUT2D eigenvalue weighted by Crippen LogP contribution is -2.30. The topological polar surface area (TPSA) is 57.6 Å². The van der Waals surface area contributed by atoms with Crippen molar-refractivity contribution in [1.82, 2.24) is 4.31 Å². The van der Waals surface area contributed by atoms with Gasteiger partial charge in [-0.15, -0.1) is 0 Å². The highest BCUT2D eigenvalue weighted by atomic mass is 32.2. The molecule has 1 aliphatic rings. The van der Waals surface area contributed by atoms with Gasteiger partial charge in [-0.2, -0.15) is 8.42 Å². The lowest BCUT2D eigenvalue weighted by Gasteiger charge is -2.21. The van der Waals surface area contributed by atoms with Crippen LogP contribution < -0.4 is 0 Å². The van der Waals surface area contributed by atoms with Crippen LogP contribution in [0.25, 0.3) is 0 Å². The van der Waals surface area contributed by atoms with Crippen molar-refractivity contribution in [3.05, 3.63) is 24.4 Å². The molecule has 0 saturated heterocycles. The van der Waals surface area contributed by atoms with Crippen LogP contribution in [0.2, 0.25) is 0 Å². The Kier molecular flexibility index (Phi) is 2.26. The van der Waals surface area contributed by atoms with Gasteiger partial charge in [0, 0.05) is 6.20 Å². The van der Waals surface area contributed by atoms with Gasteiger partial charge in [-0.1, -0.05) is 18.9 Å². The van der Waals surface area contributed by atoms with Gasteiger partial charge in [0.25, 0.3) is 10.1 Å². The van der Waals surface area contributed by atoms with E-state index in [0.29, 0.717) is 0 Å². The van der Waals surface area contributed by atoms with Crippen LogP contribution >= 0.6 is 12.8 Å². The average molecular weight is 193 g/mol. The van der Waals surface area contributed by atoms with Crippen molar-refractivity contribution in [2.45, 2.75) is 5.37 Å². The maximum atomic E-state index is 10.6. The molecule has 0 spiro atoms. The number of nitrogens with zero attached hydrogens (tertiary/aromatic N) is 1. The van der Waals surface area contributed by atoms with E-state index in [9.17, 15) is 8.42 Å². The van der Waals surface area contributed by atoms with Gasteiger partial charge in [-0.3, -0.25) is 4.55 Å². The summed E-state index contributed by atoms with van der Waals surface area (Å²) in [6, 6.07) is 0. The molecule has 11 heavy (non-hydrogen) atoms. The summed E-state index contributed by atoms with van der Waals surface area (Å²) < 4.78 is 30.9. The number of rotatable bonds is 1. The maximum absolute atomic E-state index is 10.6. The van der Waals surface area contributed by atoms with E-state index in [-0.39, 0.29) is 0 Å². The molecule has 1 aliphatic heterocycles. The zero-order valence-corrected chi connectivity index (χ0v) is 7.16. The van der Waals surface area contributed by atoms with Crippen LogP contribution in [0.3, 0.4) is 0 Å². The van der Waals surface area contributed by atoms with Crippen LogP contribution in [0.5, 0.6) is 0 Å². The smallest absolute Gasteiger partial charge is 0.290 e. The molecule has 0 radical (unpaired) electrons. The lowest BCUT2D eigenvalue weighted by atomic mass is 10.4. The second kappa shape index (κ2) is 2.88. The minimum atomic E-state index is -4.06. The molecule has 0 amide bonds. The summed E-state index contributed by atoms with van der Waals surface area (Å²) in [5.74, 6) is 0. The van der Waals surface area contributed by atoms with Crippen LogP contribution in [0.4, 0.5) is 0 Å². The van der Waals surface area contributed by atoms with Crippen molar-refractivity contribution in [3.8, 4) is 0 Å². The Bertz CT molecular complexity index is 293. The highest BCUT2D eigenvalue weighted by Crippen LogP contribution is 2.14. The van der Waals surface area contributed by atoms with Crippen molar-refractivity contribution in [2.75, 3.05) is 0 Å². The van der Waals surface area contributed by atoms with E-state index in [0.717, 1.165) is 4.31 Å². The molecule has 0 aliphatic carbocycles. The number of allylic oxidation sites excluding steroid dienone is 2. The number of thiol groups is 1. The largest absolute Gasteiger partial charge is 0.302 e. The molecule has 1 heterocycles. The summed E-state index contributed by atoms with van der Waals surface area (Å²) >= 11 is 3.81. The van der Waals surface area contributed by atoms with Crippen LogP contribution in [0, 0.1) is 0 Å². The molecule has 1 unspecified atom stereocenters. The van der Waals surface area contributed by atoms with Crippen molar-refractivity contribution in [2.24, 2.45) is 0 Å². The third-order valence-corrected chi connectivity index (χ3v) is 2.72. The van der Waals surface area contributed by atoms with Gasteiger partial charge < -0.3 is 4.31 Å². The molecule has 0 saturated carbocycles. The fraction of sp³-hybridized carbons (Fsp3) is 0.200. The van der Waals surface area contributed by atoms with Crippen molar-refractivity contribution < 1.29 is 13.0 Å². The first-order valence-corrected chi connectivity index (χ1v) is 4.70. The summed E-state index contributed by atoms with van der Waals surface area (Å²) in [7, 11) is -4.06. The van der Waals surface area contributed by atoms with Gasteiger partial charge in [0.05, 0.1) is 0 Å². The summed E-state index contributed by atoms with van der Waals surface area (Å²) in [6.07, 6.45) is 5.93. The fourth-order valence-electron chi connectivity index (χ4n) is 0.706. The Labute approximate surface area is 70.5 Å². The monoisotopic (exact) mass is 193 g/mol. The molecule has 62 valence electrons. The molecule has 1 rings (SSSR count). The lowest BCUT2D eigenvalue weighted by molar-refractivity contribution is 0.449. The Balaban J connectivity index is 2.91. The normalized spacial score (nSPS) is 24.2. The van der Waals surface area contributed by atoms with Crippen LogP contribution in [-0.4, -0.2) is 22.6 Å². The van der Waals surface area contributed by atoms with E-state index in [1.807, 2.05) is 0 Å². The Hall–Kier alpha value is -0.460.